The zero-order chi connectivity index (χ0) is 16.0. The maximum atomic E-state index is 5.92. The number of nitrogens with one attached hydrogen (secondary N) is 1. The summed E-state index contributed by atoms with van der Waals surface area (Å²) in [5.41, 5.74) is 0.661. The van der Waals surface area contributed by atoms with Gasteiger partial charge in [0.25, 0.3) is 0 Å². The zero-order valence-electron chi connectivity index (χ0n) is 15.0. The van der Waals surface area contributed by atoms with E-state index in [1.807, 2.05) is 0 Å². The fraction of sp³-hybridized carbons (Fsp3) is 0.944. The van der Waals surface area contributed by atoms with Crippen molar-refractivity contribution in [2.75, 3.05) is 26.2 Å². The van der Waals surface area contributed by atoms with Crippen LogP contribution in [-0.2, 0) is 4.74 Å². The lowest BCUT2D eigenvalue weighted by atomic mass is 9.57. The van der Waals surface area contributed by atoms with E-state index < -0.39 is 0 Å². The fourth-order valence-corrected chi connectivity index (χ4v) is 4.64. The summed E-state index contributed by atoms with van der Waals surface area (Å²) < 4.78 is 5.92. The van der Waals surface area contributed by atoms with E-state index in [-0.39, 0.29) is 5.41 Å². The molecule has 4 unspecified atom stereocenters. The summed E-state index contributed by atoms with van der Waals surface area (Å²) in [4.78, 5) is 7.28. The van der Waals surface area contributed by atoms with Crippen molar-refractivity contribution >= 4 is 5.96 Å². The SMILES string of the molecule is CCN=C(NC1C2CCOC2C1(C)C)N1CCC(C)(CC)C1. The second-order valence-electron chi connectivity index (χ2n) is 8.32. The molecule has 0 aromatic heterocycles. The predicted molar refractivity (Wildman–Crippen MR) is 91.1 cm³/mol. The van der Waals surface area contributed by atoms with Crippen molar-refractivity contribution in [3.05, 3.63) is 0 Å². The van der Waals surface area contributed by atoms with E-state index >= 15 is 0 Å². The van der Waals surface area contributed by atoms with Gasteiger partial charge >= 0.3 is 0 Å². The molecule has 1 saturated carbocycles. The Hall–Kier alpha value is -0.770. The summed E-state index contributed by atoms with van der Waals surface area (Å²) in [5.74, 6) is 1.79. The number of nitrogens with zero attached hydrogens (tertiary/aromatic N) is 2. The largest absolute Gasteiger partial charge is 0.377 e. The molecule has 3 aliphatic rings. The van der Waals surface area contributed by atoms with Crippen LogP contribution in [0.4, 0.5) is 0 Å². The van der Waals surface area contributed by atoms with Crippen molar-refractivity contribution in [1.29, 1.82) is 0 Å². The van der Waals surface area contributed by atoms with Crippen LogP contribution in [0.3, 0.4) is 0 Å². The first-order valence-corrected chi connectivity index (χ1v) is 9.09. The highest BCUT2D eigenvalue weighted by molar-refractivity contribution is 5.81. The van der Waals surface area contributed by atoms with Crippen molar-refractivity contribution < 1.29 is 4.74 Å². The molecule has 2 aliphatic heterocycles. The van der Waals surface area contributed by atoms with Gasteiger partial charge in [0.05, 0.1) is 6.10 Å². The first-order chi connectivity index (χ1) is 10.4. The number of likely N-dealkylation sites (tertiary alicyclic amines) is 1. The Morgan fingerprint density at radius 3 is 2.73 bits per heavy atom. The normalized spacial score (nSPS) is 40.5. The van der Waals surface area contributed by atoms with Crippen molar-refractivity contribution in [3.63, 3.8) is 0 Å². The third-order valence-corrected chi connectivity index (χ3v) is 6.40. The lowest BCUT2D eigenvalue weighted by molar-refractivity contribution is -0.107. The van der Waals surface area contributed by atoms with Crippen LogP contribution in [0.15, 0.2) is 4.99 Å². The van der Waals surface area contributed by atoms with Gasteiger partial charge in [-0.05, 0) is 31.6 Å². The Kier molecular flexibility index (Phi) is 4.17. The molecule has 0 spiro atoms. The van der Waals surface area contributed by atoms with Crippen molar-refractivity contribution in [1.82, 2.24) is 10.2 Å². The quantitative estimate of drug-likeness (QED) is 0.643. The molecule has 0 radical (unpaired) electrons. The molecule has 0 bridgehead atoms. The summed E-state index contributed by atoms with van der Waals surface area (Å²) >= 11 is 0. The van der Waals surface area contributed by atoms with Crippen LogP contribution >= 0.6 is 0 Å². The third-order valence-electron chi connectivity index (χ3n) is 6.40. The molecule has 126 valence electrons. The van der Waals surface area contributed by atoms with Gasteiger partial charge in [-0.1, -0.05) is 27.7 Å². The molecular weight excluding hydrogens is 274 g/mol. The van der Waals surface area contributed by atoms with Gasteiger partial charge in [-0.15, -0.1) is 0 Å². The molecule has 4 nitrogen and oxygen atoms in total. The first kappa shape index (κ1) is 16.1. The van der Waals surface area contributed by atoms with Gasteiger partial charge in [0, 0.05) is 43.6 Å². The first-order valence-electron chi connectivity index (χ1n) is 9.09. The maximum Gasteiger partial charge on any atom is 0.194 e. The van der Waals surface area contributed by atoms with Crippen LogP contribution in [0.25, 0.3) is 0 Å². The summed E-state index contributed by atoms with van der Waals surface area (Å²) in [5, 5.41) is 3.82. The highest BCUT2D eigenvalue weighted by Crippen LogP contribution is 2.52. The highest BCUT2D eigenvalue weighted by Gasteiger charge is 2.59. The molecule has 3 rings (SSSR count). The fourth-order valence-electron chi connectivity index (χ4n) is 4.64. The average Bonchev–Trinajstić information content (AvgIpc) is 3.09. The number of fused-ring (bicyclic) bond motifs is 1. The minimum atomic E-state index is 0.212. The van der Waals surface area contributed by atoms with Gasteiger partial charge in [0.1, 0.15) is 0 Å². The summed E-state index contributed by atoms with van der Waals surface area (Å²) in [6.07, 6.45) is 4.15. The van der Waals surface area contributed by atoms with E-state index in [0.717, 1.165) is 32.2 Å². The standard InChI is InChI=1S/C18H33N3O/c1-6-18(5)9-10-21(12-18)16(19-7-2)20-14-13-8-11-22-15(13)17(14,3)4/h13-15H,6-12H2,1-5H3,(H,19,20). The minimum absolute atomic E-state index is 0.212. The molecule has 4 heteroatoms. The van der Waals surface area contributed by atoms with Gasteiger partial charge in [-0.2, -0.15) is 0 Å². The third kappa shape index (κ3) is 2.53. The van der Waals surface area contributed by atoms with E-state index in [0.29, 0.717) is 23.5 Å². The van der Waals surface area contributed by atoms with Gasteiger partial charge in [0.15, 0.2) is 5.96 Å². The van der Waals surface area contributed by atoms with Crippen LogP contribution in [0.1, 0.15) is 53.9 Å². The van der Waals surface area contributed by atoms with Crippen LogP contribution in [0.2, 0.25) is 0 Å². The number of guanidine groups is 1. The number of rotatable bonds is 3. The van der Waals surface area contributed by atoms with Gasteiger partial charge in [-0.25, -0.2) is 0 Å². The second-order valence-corrected chi connectivity index (χ2v) is 8.32. The monoisotopic (exact) mass is 307 g/mol. The van der Waals surface area contributed by atoms with Crippen LogP contribution in [0.5, 0.6) is 0 Å². The molecular formula is C18H33N3O. The molecule has 0 amide bonds. The van der Waals surface area contributed by atoms with Crippen molar-refractivity contribution in [2.24, 2.45) is 21.7 Å². The molecule has 3 fully saturated rings. The highest BCUT2D eigenvalue weighted by atomic mass is 16.5. The number of hydrogen-bond donors (Lipinski definition) is 1. The van der Waals surface area contributed by atoms with Gasteiger partial charge in [0.2, 0.25) is 0 Å². The van der Waals surface area contributed by atoms with Gasteiger partial charge in [-0.3, -0.25) is 4.99 Å². The van der Waals surface area contributed by atoms with Crippen LogP contribution in [-0.4, -0.2) is 49.2 Å². The van der Waals surface area contributed by atoms with E-state index in [4.69, 9.17) is 9.73 Å². The van der Waals surface area contributed by atoms with E-state index in [2.05, 4.69) is 44.8 Å². The summed E-state index contributed by atoms with van der Waals surface area (Å²) in [6.45, 7) is 15.6. The summed E-state index contributed by atoms with van der Waals surface area (Å²) in [6, 6.07) is 0.499. The number of hydrogen-bond acceptors (Lipinski definition) is 2. The Morgan fingerprint density at radius 2 is 2.09 bits per heavy atom. The lowest BCUT2D eigenvalue weighted by Crippen LogP contribution is -2.68. The molecule has 2 saturated heterocycles. The Balaban J connectivity index is 1.70. The van der Waals surface area contributed by atoms with E-state index in [1.54, 1.807) is 0 Å². The van der Waals surface area contributed by atoms with Crippen molar-refractivity contribution in [2.45, 2.75) is 66.0 Å². The smallest absolute Gasteiger partial charge is 0.194 e. The van der Waals surface area contributed by atoms with Crippen LogP contribution in [0, 0.1) is 16.7 Å². The van der Waals surface area contributed by atoms with E-state index in [9.17, 15) is 0 Å². The summed E-state index contributed by atoms with van der Waals surface area (Å²) in [7, 11) is 0. The molecule has 4 atom stereocenters. The van der Waals surface area contributed by atoms with Crippen LogP contribution < -0.4 is 5.32 Å². The molecule has 0 aromatic carbocycles. The molecule has 1 aliphatic carbocycles. The Bertz CT molecular complexity index is 448. The molecule has 1 N–H and O–H groups in total. The zero-order valence-corrected chi connectivity index (χ0v) is 15.0. The average molecular weight is 307 g/mol. The Labute approximate surface area is 135 Å². The minimum Gasteiger partial charge on any atom is -0.377 e. The topological polar surface area (TPSA) is 36.9 Å². The lowest BCUT2D eigenvalue weighted by Gasteiger charge is -2.55. The maximum absolute atomic E-state index is 5.92. The van der Waals surface area contributed by atoms with Crippen molar-refractivity contribution in [3.8, 4) is 0 Å². The Morgan fingerprint density at radius 1 is 1.32 bits per heavy atom. The molecule has 2 heterocycles. The number of ether oxygens (including phenoxy) is 1. The predicted octanol–water partition coefficient (Wildman–Crippen LogP) is 2.89. The van der Waals surface area contributed by atoms with E-state index in [1.165, 1.54) is 19.3 Å². The second kappa shape index (κ2) is 5.70. The molecule has 0 aromatic rings. The van der Waals surface area contributed by atoms with Gasteiger partial charge < -0.3 is 15.0 Å². The molecule has 22 heavy (non-hydrogen) atoms. The number of aliphatic imine (C=N–C) groups is 1.